The van der Waals surface area contributed by atoms with Crippen LogP contribution in [0.25, 0.3) is 0 Å². The average Bonchev–Trinajstić information content (AvgIpc) is 2.21. The molecule has 0 bridgehead atoms. The zero-order valence-electron chi connectivity index (χ0n) is 8.44. The van der Waals surface area contributed by atoms with E-state index in [1.54, 1.807) is 0 Å². The van der Waals surface area contributed by atoms with Crippen LogP contribution in [0.2, 0.25) is 0 Å². The van der Waals surface area contributed by atoms with Crippen LogP contribution in [0.1, 0.15) is 6.92 Å². The van der Waals surface area contributed by atoms with Crippen LogP contribution in [0.3, 0.4) is 0 Å². The van der Waals surface area contributed by atoms with Gasteiger partial charge in [-0.2, -0.15) is 0 Å². The Kier molecular flexibility index (Phi) is 4.12. The predicted octanol–water partition coefficient (Wildman–Crippen LogP) is 1.79. The summed E-state index contributed by atoms with van der Waals surface area (Å²) in [5.74, 6) is -4.11. The predicted molar refractivity (Wildman–Crippen MR) is 54.4 cm³/mol. The van der Waals surface area contributed by atoms with Gasteiger partial charge in [0, 0.05) is 10.6 Å². The van der Waals surface area contributed by atoms with Crippen molar-refractivity contribution in [1.29, 1.82) is 0 Å². The molecule has 0 amide bonds. The molecule has 1 N–H and O–H groups in total. The fraction of sp³-hybridized carbons (Fsp3) is 0.300. The van der Waals surface area contributed by atoms with Crippen molar-refractivity contribution in [3.05, 3.63) is 29.8 Å². The Morgan fingerprint density at radius 1 is 1.44 bits per heavy atom. The SMILES string of the molecule is CC(CS(=O)c1ccc(F)c(F)c1)C(=O)O. The van der Waals surface area contributed by atoms with E-state index < -0.39 is 34.3 Å². The number of carbonyl (C=O) groups is 1. The Bertz CT molecular complexity index is 434. The zero-order chi connectivity index (χ0) is 12.3. The van der Waals surface area contributed by atoms with E-state index in [1.165, 1.54) is 13.0 Å². The Balaban J connectivity index is 2.81. The molecule has 0 spiro atoms. The Morgan fingerprint density at radius 2 is 2.06 bits per heavy atom. The van der Waals surface area contributed by atoms with Crippen LogP contribution in [0.4, 0.5) is 8.78 Å². The van der Waals surface area contributed by atoms with Crippen molar-refractivity contribution in [2.45, 2.75) is 11.8 Å². The summed E-state index contributed by atoms with van der Waals surface area (Å²) < 4.78 is 37.0. The largest absolute Gasteiger partial charge is 0.481 e. The lowest BCUT2D eigenvalue weighted by Crippen LogP contribution is -2.17. The highest BCUT2D eigenvalue weighted by atomic mass is 32.2. The van der Waals surface area contributed by atoms with E-state index in [1.807, 2.05) is 0 Å². The summed E-state index contributed by atoms with van der Waals surface area (Å²) in [6, 6.07) is 2.87. The number of hydrogen-bond acceptors (Lipinski definition) is 2. The van der Waals surface area contributed by atoms with Gasteiger partial charge in [-0.3, -0.25) is 9.00 Å². The van der Waals surface area contributed by atoms with E-state index in [0.29, 0.717) is 0 Å². The summed E-state index contributed by atoms with van der Waals surface area (Å²) in [4.78, 5) is 10.6. The molecule has 2 atom stereocenters. The quantitative estimate of drug-likeness (QED) is 0.883. The third-order valence-electron chi connectivity index (χ3n) is 1.98. The van der Waals surface area contributed by atoms with Crippen LogP contribution >= 0.6 is 0 Å². The molecule has 0 aliphatic heterocycles. The minimum Gasteiger partial charge on any atom is -0.481 e. The summed E-state index contributed by atoms with van der Waals surface area (Å²) >= 11 is 0. The number of hydrogen-bond donors (Lipinski definition) is 1. The van der Waals surface area contributed by atoms with Gasteiger partial charge in [-0.25, -0.2) is 8.78 Å². The summed E-state index contributed by atoms with van der Waals surface area (Å²) in [6.45, 7) is 1.40. The first-order valence-electron chi connectivity index (χ1n) is 4.48. The second-order valence-electron chi connectivity index (χ2n) is 3.33. The molecule has 16 heavy (non-hydrogen) atoms. The molecule has 2 unspecified atom stereocenters. The molecule has 88 valence electrons. The maximum Gasteiger partial charge on any atom is 0.307 e. The third-order valence-corrected chi connectivity index (χ3v) is 3.56. The highest BCUT2D eigenvalue weighted by Gasteiger charge is 2.16. The van der Waals surface area contributed by atoms with Crippen LogP contribution in [0.15, 0.2) is 23.1 Å². The molecule has 0 fully saturated rings. The van der Waals surface area contributed by atoms with Crippen LogP contribution in [-0.4, -0.2) is 21.0 Å². The first-order chi connectivity index (χ1) is 7.41. The Morgan fingerprint density at radius 3 is 2.56 bits per heavy atom. The lowest BCUT2D eigenvalue weighted by molar-refractivity contribution is -0.140. The molecule has 1 aromatic rings. The van der Waals surface area contributed by atoms with Crippen molar-refractivity contribution in [3.8, 4) is 0 Å². The maximum absolute atomic E-state index is 12.8. The van der Waals surface area contributed by atoms with Crippen LogP contribution in [0.5, 0.6) is 0 Å². The van der Waals surface area contributed by atoms with Gasteiger partial charge in [-0.15, -0.1) is 0 Å². The number of carboxylic acids is 1. The minimum absolute atomic E-state index is 0.0898. The first kappa shape index (κ1) is 12.8. The second-order valence-corrected chi connectivity index (χ2v) is 4.82. The number of carboxylic acid groups (broad SMARTS) is 1. The van der Waals surface area contributed by atoms with Gasteiger partial charge in [0.25, 0.3) is 0 Å². The summed E-state index contributed by atoms with van der Waals surface area (Å²) in [7, 11) is -1.64. The van der Waals surface area contributed by atoms with Gasteiger partial charge in [0.05, 0.1) is 16.7 Å². The van der Waals surface area contributed by atoms with E-state index >= 15 is 0 Å². The average molecular weight is 248 g/mol. The number of rotatable bonds is 4. The van der Waals surface area contributed by atoms with Gasteiger partial charge < -0.3 is 5.11 Å². The molecule has 3 nitrogen and oxygen atoms in total. The topological polar surface area (TPSA) is 54.4 Å². The molecule has 0 aromatic heterocycles. The van der Waals surface area contributed by atoms with Gasteiger partial charge in [0.15, 0.2) is 11.6 Å². The third kappa shape index (κ3) is 3.10. The lowest BCUT2D eigenvalue weighted by Gasteiger charge is -2.06. The van der Waals surface area contributed by atoms with Crippen LogP contribution in [0, 0.1) is 17.6 Å². The van der Waals surface area contributed by atoms with Crippen molar-refractivity contribution in [1.82, 2.24) is 0 Å². The zero-order valence-corrected chi connectivity index (χ0v) is 9.26. The smallest absolute Gasteiger partial charge is 0.307 e. The van der Waals surface area contributed by atoms with E-state index in [2.05, 4.69) is 0 Å². The summed E-state index contributed by atoms with van der Waals surface area (Å²) in [5.41, 5.74) is 0. The van der Waals surface area contributed by atoms with Crippen LogP contribution < -0.4 is 0 Å². The molecule has 1 rings (SSSR count). The molecule has 1 aromatic carbocycles. The van der Waals surface area contributed by atoms with Gasteiger partial charge in [-0.1, -0.05) is 6.92 Å². The number of benzene rings is 1. The normalized spacial score (nSPS) is 14.4. The lowest BCUT2D eigenvalue weighted by atomic mass is 10.2. The Hall–Kier alpha value is -1.30. The maximum atomic E-state index is 12.8. The van der Waals surface area contributed by atoms with Crippen molar-refractivity contribution in [2.75, 3.05) is 5.75 Å². The molecule has 0 saturated heterocycles. The molecule has 0 aliphatic rings. The molecular weight excluding hydrogens is 238 g/mol. The first-order valence-corrected chi connectivity index (χ1v) is 5.80. The van der Waals surface area contributed by atoms with E-state index in [9.17, 15) is 17.8 Å². The fourth-order valence-corrected chi connectivity index (χ4v) is 2.26. The molecule has 0 saturated carbocycles. The van der Waals surface area contributed by atoms with Crippen molar-refractivity contribution in [3.63, 3.8) is 0 Å². The van der Waals surface area contributed by atoms with Gasteiger partial charge in [0.2, 0.25) is 0 Å². The van der Waals surface area contributed by atoms with E-state index in [0.717, 1.165) is 12.1 Å². The standard InChI is InChI=1S/C10H10F2O3S/c1-6(10(13)14)5-16(15)7-2-3-8(11)9(12)4-7/h2-4,6H,5H2,1H3,(H,13,14). The van der Waals surface area contributed by atoms with Gasteiger partial charge >= 0.3 is 5.97 Å². The van der Waals surface area contributed by atoms with E-state index in [4.69, 9.17) is 5.11 Å². The van der Waals surface area contributed by atoms with Gasteiger partial charge in [-0.05, 0) is 18.2 Å². The van der Waals surface area contributed by atoms with Gasteiger partial charge in [0.1, 0.15) is 0 Å². The molecule has 6 heteroatoms. The highest BCUT2D eigenvalue weighted by molar-refractivity contribution is 7.85. The Labute approximate surface area is 93.6 Å². The minimum atomic E-state index is -1.64. The molecule has 0 aliphatic carbocycles. The van der Waals surface area contributed by atoms with Crippen molar-refractivity contribution >= 4 is 16.8 Å². The fourth-order valence-electron chi connectivity index (χ4n) is 1.01. The van der Waals surface area contributed by atoms with Crippen molar-refractivity contribution in [2.24, 2.45) is 5.92 Å². The number of halogens is 2. The van der Waals surface area contributed by atoms with Crippen molar-refractivity contribution < 1.29 is 22.9 Å². The number of aliphatic carboxylic acids is 1. The second kappa shape index (κ2) is 5.16. The molecular formula is C10H10F2O3S. The monoisotopic (exact) mass is 248 g/mol. The summed E-state index contributed by atoms with van der Waals surface area (Å²) in [6.07, 6.45) is 0. The van der Waals surface area contributed by atoms with E-state index in [-0.39, 0.29) is 10.6 Å². The summed E-state index contributed by atoms with van der Waals surface area (Å²) in [5, 5.41) is 8.61. The highest BCUT2D eigenvalue weighted by Crippen LogP contribution is 2.14. The van der Waals surface area contributed by atoms with Crippen LogP contribution in [-0.2, 0) is 15.6 Å². The molecule has 0 radical (unpaired) electrons. The molecule has 0 heterocycles.